The molecule has 5 heteroatoms. The maximum absolute atomic E-state index is 11.7. The Labute approximate surface area is 90.1 Å². The van der Waals surface area contributed by atoms with E-state index in [1.807, 2.05) is 6.07 Å². The van der Waals surface area contributed by atoms with E-state index in [2.05, 4.69) is 0 Å². The van der Waals surface area contributed by atoms with E-state index in [1.54, 1.807) is 12.1 Å². The van der Waals surface area contributed by atoms with Crippen molar-refractivity contribution in [2.75, 3.05) is 0 Å². The molecule has 0 spiro atoms. The minimum atomic E-state index is -0.648. The van der Waals surface area contributed by atoms with Crippen molar-refractivity contribution in [1.29, 1.82) is 0 Å². The third kappa shape index (κ3) is 0.997. The van der Waals surface area contributed by atoms with Crippen LogP contribution in [0.2, 0.25) is 0 Å². The summed E-state index contributed by atoms with van der Waals surface area (Å²) in [6.45, 7) is 0.549. The van der Waals surface area contributed by atoms with Gasteiger partial charge in [0, 0.05) is 6.54 Å². The Hall–Kier alpha value is -2.04. The number of rotatable bonds is 0. The molecular formula is C11H10N2O3. The van der Waals surface area contributed by atoms with Crippen LogP contribution in [0.25, 0.3) is 10.9 Å². The zero-order chi connectivity index (χ0) is 11.3. The molecule has 2 aromatic rings. The fourth-order valence-electron chi connectivity index (χ4n) is 2.33. The van der Waals surface area contributed by atoms with Crippen molar-refractivity contribution in [3.63, 3.8) is 0 Å². The van der Waals surface area contributed by atoms with Crippen LogP contribution in [-0.2, 0) is 13.0 Å². The van der Waals surface area contributed by atoms with Gasteiger partial charge in [0.2, 0.25) is 0 Å². The zero-order valence-corrected chi connectivity index (χ0v) is 8.51. The smallest absolute Gasteiger partial charge is 0.364 e. The van der Waals surface area contributed by atoms with Gasteiger partial charge in [-0.05, 0) is 24.5 Å². The maximum atomic E-state index is 11.7. The quantitative estimate of drug-likeness (QED) is 0.649. The SMILES string of the molecule is O=c1c2cccc3c2n(c(=O)n1O)CCC3. The Bertz CT molecular complexity index is 697. The van der Waals surface area contributed by atoms with E-state index in [0.717, 1.165) is 18.4 Å². The number of benzene rings is 1. The van der Waals surface area contributed by atoms with Crippen molar-refractivity contribution in [1.82, 2.24) is 9.30 Å². The topological polar surface area (TPSA) is 64.2 Å². The molecule has 0 unspecified atom stereocenters. The van der Waals surface area contributed by atoms with Crippen LogP contribution in [0.15, 0.2) is 27.8 Å². The number of aromatic nitrogens is 2. The van der Waals surface area contributed by atoms with E-state index >= 15 is 0 Å². The van der Waals surface area contributed by atoms with E-state index in [1.165, 1.54) is 4.57 Å². The molecule has 0 radical (unpaired) electrons. The second-order valence-electron chi connectivity index (χ2n) is 3.97. The van der Waals surface area contributed by atoms with Crippen molar-refractivity contribution < 1.29 is 5.21 Å². The molecule has 0 amide bonds. The third-order valence-corrected chi connectivity index (χ3v) is 3.05. The summed E-state index contributed by atoms with van der Waals surface area (Å²) in [4.78, 5) is 23.4. The molecule has 3 rings (SSSR count). The van der Waals surface area contributed by atoms with Gasteiger partial charge >= 0.3 is 5.69 Å². The van der Waals surface area contributed by atoms with Gasteiger partial charge in [-0.15, -0.1) is 0 Å². The normalized spacial score (nSPS) is 14.2. The highest BCUT2D eigenvalue weighted by atomic mass is 16.5. The van der Waals surface area contributed by atoms with Gasteiger partial charge in [-0.3, -0.25) is 9.36 Å². The minimum absolute atomic E-state index is 0.192. The summed E-state index contributed by atoms with van der Waals surface area (Å²) in [6, 6.07) is 5.33. The lowest BCUT2D eigenvalue weighted by atomic mass is 10.0. The highest BCUT2D eigenvalue weighted by molar-refractivity contribution is 5.81. The first-order valence-corrected chi connectivity index (χ1v) is 5.17. The van der Waals surface area contributed by atoms with E-state index in [-0.39, 0.29) is 4.73 Å². The molecule has 1 aromatic carbocycles. The van der Waals surface area contributed by atoms with Crippen LogP contribution in [0.4, 0.5) is 0 Å². The summed E-state index contributed by atoms with van der Waals surface area (Å²) in [5.41, 5.74) is 0.386. The molecule has 0 saturated heterocycles. The molecule has 82 valence electrons. The molecule has 0 saturated carbocycles. The molecule has 0 atom stereocenters. The first-order chi connectivity index (χ1) is 7.70. The summed E-state index contributed by atoms with van der Waals surface area (Å²) >= 11 is 0. The summed E-state index contributed by atoms with van der Waals surface area (Å²) in [6.07, 6.45) is 1.72. The molecular weight excluding hydrogens is 208 g/mol. The van der Waals surface area contributed by atoms with Crippen molar-refractivity contribution >= 4 is 10.9 Å². The molecule has 5 nitrogen and oxygen atoms in total. The molecule has 0 aliphatic carbocycles. The Morgan fingerprint density at radius 2 is 2.06 bits per heavy atom. The van der Waals surface area contributed by atoms with E-state index < -0.39 is 11.2 Å². The van der Waals surface area contributed by atoms with Gasteiger partial charge in [-0.2, -0.15) is 0 Å². The second-order valence-corrected chi connectivity index (χ2v) is 3.97. The van der Waals surface area contributed by atoms with Crippen LogP contribution in [0.1, 0.15) is 12.0 Å². The van der Waals surface area contributed by atoms with E-state index in [9.17, 15) is 14.8 Å². The van der Waals surface area contributed by atoms with Gasteiger partial charge in [0.25, 0.3) is 5.56 Å². The third-order valence-electron chi connectivity index (χ3n) is 3.05. The van der Waals surface area contributed by atoms with Gasteiger partial charge in [0.15, 0.2) is 0 Å². The summed E-state index contributed by atoms with van der Waals surface area (Å²) < 4.78 is 1.66. The van der Waals surface area contributed by atoms with Crippen molar-refractivity contribution in [3.8, 4) is 0 Å². The molecule has 0 fully saturated rings. The predicted octanol–water partition coefficient (Wildman–Crippen LogP) is 0.347. The van der Waals surface area contributed by atoms with Gasteiger partial charge < -0.3 is 5.21 Å². The zero-order valence-electron chi connectivity index (χ0n) is 8.51. The van der Waals surface area contributed by atoms with Gasteiger partial charge in [0.1, 0.15) is 0 Å². The second kappa shape index (κ2) is 2.98. The lowest BCUT2D eigenvalue weighted by molar-refractivity contribution is 0.156. The Morgan fingerprint density at radius 3 is 2.88 bits per heavy atom. The Morgan fingerprint density at radius 1 is 1.25 bits per heavy atom. The highest BCUT2D eigenvalue weighted by Crippen LogP contribution is 2.20. The lowest BCUT2D eigenvalue weighted by Gasteiger charge is -2.18. The molecule has 2 heterocycles. The lowest BCUT2D eigenvalue weighted by Crippen LogP contribution is -2.40. The van der Waals surface area contributed by atoms with Crippen LogP contribution in [0.3, 0.4) is 0 Å². The maximum Gasteiger partial charge on any atom is 0.364 e. The van der Waals surface area contributed by atoms with Gasteiger partial charge in [0.05, 0.1) is 10.9 Å². The number of hydrogen-bond donors (Lipinski definition) is 1. The number of hydrogen-bond acceptors (Lipinski definition) is 3. The molecule has 0 bridgehead atoms. The molecule has 16 heavy (non-hydrogen) atoms. The summed E-state index contributed by atoms with van der Waals surface area (Å²) in [5, 5.41) is 9.80. The molecule has 1 aromatic heterocycles. The monoisotopic (exact) mass is 218 g/mol. The largest absolute Gasteiger partial charge is 0.421 e. The molecule has 1 aliphatic heterocycles. The Kier molecular flexibility index (Phi) is 1.71. The first kappa shape index (κ1) is 9.21. The van der Waals surface area contributed by atoms with Crippen molar-refractivity contribution in [3.05, 3.63) is 44.6 Å². The first-order valence-electron chi connectivity index (χ1n) is 5.17. The van der Waals surface area contributed by atoms with Crippen LogP contribution in [0.5, 0.6) is 0 Å². The van der Waals surface area contributed by atoms with Crippen LogP contribution in [-0.4, -0.2) is 14.5 Å². The predicted molar refractivity (Wildman–Crippen MR) is 58.0 cm³/mol. The van der Waals surface area contributed by atoms with Crippen LogP contribution < -0.4 is 11.2 Å². The van der Waals surface area contributed by atoms with E-state index in [0.29, 0.717) is 17.4 Å². The average Bonchev–Trinajstić information content (AvgIpc) is 2.33. The fraction of sp³-hybridized carbons (Fsp3) is 0.273. The standard InChI is InChI=1S/C11H10N2O3/c14-10-8-5-1-3-7-4-2-6-12(9(7)8)11(15)13(10)16/h1,3,5,16H,2,4,6H2. The average molecular weight is 218 g/mol. The molecule has 1 aliphatic rings. The van der Waals surface area contributed by atoms with Crippen molar-refractivity contribution in [2.24, 2.45) is 0 Å². The van der Waals surface area contributed by atoms with Crippen molar-refractivity contribution in [2.45, 2.75) is 19.4 Å². The highest BCUT2D eigenvalue weighted by Gasteiger charge is 2.17. The molecule has 1 N–H and O–H groups in total. The van der Waals surface area contributed by atoms with E-state index in [4.69, 9.17) is 0 Å². The van der Waals surface area contributed by atoms with Gasteiger partial charge in [-0.25, -0.2) is 4.79 Å². The number of para-hydroxylation sites is 1. The Balaban J connectivity index is 2.67. The minimum Gasteiger partial charge on any atom is -0.421 e. The summed E-state index contributed by atoms with van der Waals surface area (Å²) in [7, 11) is 0. The number of nitrogens with zero attached hydrogens (tertiary/aromatic N) is 2. The van der Waals surface area contributed by atoms with Crippen LogP contribution >= 0.6 is 0 Å². The summed E-state index contributed by atoms with van der Waals surface area (Å²) in [5.74, 6) is 0. The van der Waals surface area contributed by atoms with Gasteiger partial charge in [-0.1, -0.05) is 16.9 Å². The fourth-order valence-corrected chi connectivity index (χ4v) is 2.33. The number of aryl methyl sites for hydroxylation is 2. The van der Waals surface area contributed by atoms with Crippen LogP contribution in [0, 0.1) is 0 Å².